The van der Waals surface area contributed by atoms with Crippen LogP contribution in [0.4, 0.5) is 14.5 Å². The molecule has 0 aromatic heterocycles. The number of alkyl halides is 2. The van der Waals surface area contributed by atoms with E-state index >= 15 is 0 Å². The van der Waals surface area contributed by atoms with E-state index in [2.05, 4.69) is 20.1 Å². The lowest BCUT2D eigenvalue weighted by Crippen LogP contribution is -2.31. The third-order valence-electron chi connectivity index (χ3n) is 5.42. The fourth-order valence-electron chi connectivity index (χ4n) is 3.87. The minimum absolute atomic E-state index is 0.141. The molecule has 0 radical (unpaired) electrons. The second-order valence-corrected chi connectivity index (χ2v) is 8.09. The summed E-state index contributed by atoms with van der Waals surface area (Å²) in [6.07, 6.45) is 1.84. The van der Waals surface area contributed by atoms with E-state index in [1.807, 2.05) is 0 Å². The first-order valence-corrected chi connectivity index (χ1v) is 10.5. The molecule has 2 aromatic carbocycles. The molecule has 4 rings (SSSR count). The number of amides is 2. The van der Waals surface area contributed by atoms with Gasteiger partial charge in [-0.05, 0) is 49.1 Å². The lowest BCUT2D eigenvalue weighted by Gasteiger charge is -2.22. The summed E-state index contributed by atoms with van der Waals surface area (Å²) in [6, 6.07) is 8.48. The quantitative estimate of drug-likeness (QED) is 0.654. The number of carbonyl (C=O) groups excluding carboxylic acids is 2. The highest BCUT2D eigenvalue weighted by Gasteiger charge is 2.45. The molecule has 0 atom stereocenters. The number of hydrogen-bond acceptors (Lipinski definition) is 4. The van der Waals surface area contributed by atoms with Crippen molar-refractivity contribution in [1.29, 1.82) is 0 Å². The molecule has 0 unspecified atom stereocenters. The summed E-state index contributed by atoms with van der Waals surface area (Å²) in [6.45, 7) is 0.547. The van der Waals surface area contributed by atoms with Gasteiger partial charge >= 0.3 is 6.29 Å². The van der Waals surface area contributed by atoms with Crippen molar-refractivity contribution in [3.05, 3.63) is 52.5 Å². The van der Waals surface area contributed by atoms with Crippen molar-refractivity contribution in [3.63, 3.8) is 0 Å². The van der Waals surface area contributed by atoms with Gasteiger partial charge in [0.2, 0.25) is 0 Å². The Morgan fingerprint density at radius 3 is 2.58 bits per heavy atom. The van der Waals surface area contributed by atoms with E-state index in [0.717, 1.165) is 25.7 Å². The highest BCUT2D eigenvalue weighted by molar-refractivity contribution is 6.31. The molecule has 2 N–H and O–H groups in total. The van der Waals surface area contributed by atoms with Crippen LogP contribution in [-0.4, -0.2) is 24.7 Å². The first-order chi connectivity index (χ1) is 14.8. The van der Waals surface area contributed by atoms with Gasteiger partial charge in [-0.1, -0.05) is 36.9 Å². The molecule has 1 fully saturated rings. The number of para-hydroxylation sites is 1. The van der Waals surface area contributed by atoms with E-state index in [0.29, 0.717) is 17.5 Å². The number of halogens is 3. The normalized spacial score (nSPS) is 17.3. The van der Waals surface area contributed by atoms with Crippen LogP contribution in [0.15, 0.2) is 36.4 Å². The Kier molecular flexibility index (Phi) is 6.00. The van der Waals surface area contributed by atoms with Crippen LogP contribution in [0, 0.1) is 5.92 Å². The maximum atomic E-state index is 13.4. The maximum Gasteiger partial charge on any atom is 0.586 e. The van der Waals surface area contributed by atoms with Crippen molar-refractivity contribution in [1.82, 2.24) is 5.32 Å². The number of nitrogens with one attached hydrogen (secondary N) is 2. The lowest BCUT2D eigenvalue weighted by atomic mass is 9.89. The number of rotatable bonds is 5. The summed E-state index contributed by atoms with van der Waals surface area (Å²) >= 11 is 6.06. The van der Waals surface area contributed by atoms with Gasteiger partial charge in [0.05, 0.1) is 16.8 Å². The molecule has 164 valence electrons. The summed E-state index contributed by atoms with van der Waals surface area (Å²) in [5, 5.41) is 5.83. The van der Waals surface area contributed by atoms with Gasteiger partial charge in [-0.3, -0.25) is 9.59 Å². The van der Waals surface area contributed by atoms with Crippen molar-refractivity contribution < 1.29 is 27.8 Å². The van der Waals surface area contributed by atoms with E-state index in [-0.39, 0.29) is 34.2 Å². The first-order valence-electron chi connectivity index (χ1n) is 10.1. The van der Waals surface area contributed by atoms with E-state index in [1.54, 1.807) is 0 Å². The Bertz CT molecular complexity index is 1010. The number of hydrogen-bond donors (Lipinski definition) is 2. The van der Waals surface area contributed by atoms with E-state index in [1.165, 1.54) is 42.8 Å². The Morgan fingerprint density at radius 2 is 1.81 bits per heavy atom. The second-order valence-electron chi connectivity index (χ2n) is 7.66. The number of fused-ring (bicyclic) bond motifs is 1. The molecular weight excluding hydrogens is 430 g/mol. The van der Waals surface area contributed by atoms with Crippen LogP contribution >= 0.6 is 11.6 Å². The highest BCUT2D eigenvalue weighted by atomic mass is 35.5. The molecule has 2 amide bonds. The number of benzene rings is 2. The molecule has 0 spiro atoms. The summed E-state index contributed by atoms with van der Waals surface area (Å²) in [4.78, 5) is 25.6. The molecule has 9 heteroatoms. The van der Waals surface area contributed by atoms with E-state index < -0.39 is 12.2 Å². The third-order valence-corrected chi connectivity index (χ3v) is 5.66. The average Bonchev–Trinajstić information content (AvgIpc) is 3.07. The van der Waals surface area contributed by atoms with Gasteiger partial charge in [0.1, 0.15) is 0 Å². The van der Waals surface area contributed by atoms with Crippen molar-refractivity contribution >= 4 is 29.1 Å². The zero-order valence-electron chi connectivity index (χ0n) is 16.6. The van der Waals surface area contributed by atoms with Crippen LogP contribution in [0.5, 0.6) is 11.5 Å². The Labute approximate surface area is 182 Å². The van der Waals surface area contributed by atoms with Crippen molar-refractivity contribution in [2.45, 2.75) is 38.4 Å². The fourth-order valence-corrected chi connectivity index (χ4v) is 4.05. The summed E-state index contributed by atoms with van der Waals surface area (Å²) in [7, 11) is 0. The van der Waals surface area contributed by atoms with Gasteiger partial charge in [0, 0.05) is 11.6 Å². The summed E-state index contributed by atoms with van der Waals surface area (Å²) in [5.74, 6) is -1.25. The smallest absolute Gasteiger partial charge is 0.395 e. The van der Waals surface area contributed by atoms with Crippen LogP contribution in [0.25, 0.3) is 0 Å². The molecular formula is C22H21ClF2N2O4. The van der Waals surface area contributed by atoms with Crippen molar-refractivity contribution in [2.24, 2.45) is 5.92 Å². The fraction of sp³-hybridized carbons (Fsp3) is 0.364. The molecule has 0 bridgehead atoms. The number of anilines is 1. The second kappa shape index (κ2) is 8.70. The van der Waals surface area contributed by atoms with Gasteiger partial charge < -0.3 is 20.1 Å². The van der Waals surface area contributed by atoms with Crippen molar-refractivity contribution in [3.8, 4) is 11.5 Å². The molecule has 2 aliphatic rings. The zero-order valence-corrected chi connectivity index (χ0v) is 17.3. The minimum atomic E-state index is -3.84. The molecule has 1 aliphatic heterocycles. The van der Waals surface area contributed by atoms with E-state index in [4.69, 9.17) is 11.6 Å². The topological polar surface area (TPSA) is 76.7 Å². The van der Waals surface area contributed by atoms with Crippen LogP contribution in [0.3, 0.4) is 0 Å². The molecule has 1 aliphatic carbocycles. The Balaban J connectivity index is 1.51. The molecule has 31 heavy (non-hydrogen) atoms. The van der Waals surface area contributed by atoms with Gasteiger partial charge in [0.15, 0.2) is 11.5 Å². The SMILES string of the molecule is O=C(NCC1CCCCC1)c1cc(Cl)ccc1NC(=O)c1cccc2c1OC(F)(F)O2. The zero-order chi connectivity index (χ0) is 22.0. The molecule has 1 saturated carbocycles. The predicted octanol–water partition coefficient (Wildman–Crippen LogP) is 5.22. The Hall–Kier alpha value is -2.87. The monoisotopic (exact) mass is 450 g/mol. The Morgan fingerprint density at radius 1 is 1.03 bits per heavy atom. The third kappa shape index (κ3) is 4.90. The van der Waals surface area contributed by atoms with Crippen LogP contribution < -0.4 is 20.1 Å². The maximum absolute atomic E-state index is 13.4. The standard InChI is InChI=1S/C22H21ClF2N2O4/c23-14-9-10-17(16(11-14)20(28)26-12-13-5-2-1-3-6-13)27-21(29)15-7-4-8-18-19(15)31-22(24,25)30-18/h4,7-11,13H,1-3,5-6,12H2,(H,26,28)(H,27,29). The molecule has 0 saturated heterocycles. The summed E-state index contributed by atoms with van der Waals surface area (Å²) < 4.78 is 35.7. The number of carbonyl (C=O) groups is 2. The predicted molar refractivity (Wildman–Crippen MR) is 111 cm³/mol. The largest absolute Gasteiger partial charge is 0.586 e. The van der Waals surface area contributed by atoms with Crippen LogP contribution in [0.2, 0.25) is 5.02 Å². The van der Waals surface area contributed by atoms with Crippen molar-refractivity contribution in [2.75, 3.05) is 11.9 Å². The van der Waals surface area contributed by atoms with Gasteiger partial charge in [-0.25, -0.2) is 0 Å². The van der Waals surface area contributed by atoms with Gasteiger partial charge in [0.25, 0.3) is 11.8 Å². The lowest BCUT2D eigenvalue weighted by molar-refractivity contribution is -0.286. The van der Waals surface area contributed by atoms with Crippen LogP contribution in [-0.2, 0) is 0 Å². The average molecular weight is 451 g/mol. The molecule has 1 heterocycles. The van der Waals surface area contributed by atoms with E-state index in [9.17, 15) is 18.4 Å². The molecule has 6 nitrogen and oxygen atoms in total. The highest BCUT2D eigenvalue weighted by Crippen LogP contribution is 2.43. The van der Waals surface area contributed by atoms with Gasteiger partial charge in [-0.2, -0.15) is 0 Å². The number of ether oxygens (including phenoxy) is 2. The summed E-state index contributed by atoms with van der Waals surface area (Å²) in [5.41, 5.74) is 0.253. The first kappa shape index (κ1) is 21.4. The minimum Gasteiger partial charge on any atom is -0.395 e. The van der Waals surface area contributed by atoms with Gasteiger partial charge in [-0.15, -0.1) is 8.78 Å². The molecule has 2 aromatic rings. The van der Waals surface area contributed by atoms with Crippen LogP contribution in [0.1, 0.15) is 52.8 Å².